The lowest BCUT2D eigenvalue weighted by atomic mass is 10.1. The molecule has 0 saturated heterocycles. The molecule has 0 fully saturated rings. The maximum absolute atomic E-state index is 5.26. The summed E-state index contributed by atoms with van der Waals surface area (Å²) in [7, 11) is 3.62. The van der Waals surface area contributed by atoms with Gasteiger partial charge in [-0.15, -0.1) is 0 Å². The lowest BCUT2D eigenvalue weighted by Gasteiger charge is -2.05. The van der Waals surface area contributed by atoms with Crippen LogP contribution in [0.5, 0.6) is 5.75 Å². The molecule has 2 nitrogen and oxygen atoms in total. The Bertz CT molecular complexity index is 318. The van der Waals surface area contributed by atoms with Crippen LogP contribution in [0.15, 0.2) is 24.3 Å². The summed E-state index contributed by atoms with van der Waals surface area (Å²) in [6.07, 6.45) is 4.15. The smallest absolute Gasteiger partial charge is 0.126 e. The third-order valence-corrected chi connectivity index (χ3v) is 2.00. The van der Waals surface area contributed by atoms with Gasteiger partial charge < -0.3 is 10.1 Å². The van der Waals surface area contributed by atoms with Crippen LogP contribution in [0.25, 0.3) is 6.08 Å². The Morgan fingerprint density at radius 3 is 2.86 bits per heavy atom. The summed E-state index contributed by atoms with van der Waals surface area (Å²) >= 11 is 0. The van der Waals surface area contributed by atoms with Crippen LogP contribution < -0.4 is 10.1 Å². The summed E-state index contributed by atoms with van der Waals surface area (Å²) < 4.78 is 5.26. The lowest BCUT2D eigenvalue weighted by molar-refractivity contribution is 0.413. The van der Waals surface area contributed by atoms with Crippen molar-refractivity contribution >= 4 is 6.08 Å². The molecule has 0 bridgehead atoms. The molecule has 76 valence electrons. The van der Waals surface area contributed by atoms with Crippen LogP contribution in [-0.2, 0) is 0 Å². The van der Waals surface area contributed by atoms with E-state index in [4.69, 9.17) is 4.74 Å². The summed E-state index contributed by atoms with van der Waals surface area (Å²) in [5.41, 5.74) is 2.37. The minimum absolute atomic E-state index is 0.872. The summed E-state index contributed by atoms with van der Waals surface area (Å²) in [4.78, 5) is 0. The van der Waals surface area contributed by atoms with Crippen molar-refractivity contribution in [1.29, 1.82) is 0 Å². The molecule has 0 aliphatic heterocycles. The fourth-order valence-electron chi connectivity index (χ4n) is 1.29. The molecule has 0 aliphatic carbocycles. The largest absolute Gasteiger partial charge is 0.496 e. The molecular weight excluding hydrogens is 174 g/mol. The molecule has 1 rings (SSSR count). The van der Waals surface area contributed by atoms with E-state index in [9.17, 15) is 0 Å². The maximum Gasteiger partial charge on any atom is 0.126 e. The second-order valence-electron chi connectivity index (χ2n) is 3.21. The molecule has 0 heterocycles. The van der Waals surface area contributed by atoms with Crippen molar-refractivity contribution in [2.24, 2.45) is 0 Å². The number of hydrogen-bond acceptors (Lipinski definition) is 2. The summed E-state index contributed by atoms with van der Waals surface area (Å²) in [6.45, 7) is 2.95. The number of methoxy groups -OCH3 is 1. The molecule has 0 radical (unpaired) electrons. The molecule has 0 aromatic heterocycles. The standard InChI is InChI=1S/C12H17NO/c1-10-6-7-12(14-3)11(9-10)5-4-8-13-2/h4-7,9,13H,8H2,1-3H3. The van der Waals surface area contributed by atoms with E-state index in [0.29, 0.717) is 0 Å². The number of hydrogen-bond donors (Lipinski definition) is 1. The van der Waals surface area contributed by atoms with E-state index in [1.807, 2.05) is 19.2 Å². The molecular formula is C12H17NO. The maximum atomic E-state index is 5.26. The number of ether oxygens (including phenoxy) is 1. The topological polar surface area (TPSA) is 21.3 Å². The van der Waals surface area contributed by atoms with Crippen molar-refractivity contribution in [2.45, 2.75) is 6.92 Å². The lowest BCUT2D eigenvalue weighted by Crippen LogP contribution is -2.03. The van der Waals surface area contributed by atoms with Crippen LogP contribution in [0, 0.1) is 6.92 Å². The van der Waals surface area contributed by atoms with E-state index in [1.54, 1.807) is 7.11 Å². The van der Waals surface area contributed by atoms with Crippen molar-refractivity contribution in [2.75, 3.05) is 20.7 Å². The molecule has 2 heteroatoms. The van der Waals surface area contributed by atoms with Crippen molar-refractivity contribution in [3.63, 3.8) is 0 Å². The van der Waals surface area contributed by atoms with Gasteiger partial charge in [0, 0.05) is 12.1 Å². The SMILES string of the molecule is CNCC=Cc1cc(C)ccc1OC. The fraction of sp³-hybridized carbons (Fsp3) is 0.333. The van der Waals surface area contributed by atoms with Crippen LogP contribution in [0.3, 0.4) is 0 Å². The van der Waals surface area contributed by atoms with Gasteiger partial charge in [0.2, 0.25) is 0 Å². The highest BCUT2D eigenvalue weighted by molar-refractivity contribution is 5.58. The third-order valence-electron chi connectivity index (χ3n) is 2.00. The highest BCUT2D eigenvalue weighted by atomic mass is 16.5. The van der Waals surface area contributed by atoms with Gasteiger partial charge in [-0.25, -0.2) is 0 Å². The van der Waals surface area contributed by atoms with Gasteiger partial charge in [0.25, 0.3) is 0 Å². The zero-order valence-electron chi connectivity index (χ0n) is 9.00. The average molecular weight is 191 g/mol. The van der Waals surface area contributed by atoms with Gasteiger partial charge in [-0.05, 0) is 26.1 Å². The van der Waals surface area contributed by atoms with Gasteiger partial charge in [0.05, 0.1) is 7.11 Å². The molecule has 0 atom stereocenters. The Balaban J connectivity index is 2.87. The molecule has 1 N–H and O–H groups in total. The van der Waals surface area contributed by atoms with E-state index in [2.05, 4.69) is 30.5 Å². The predicted molar refractivity (Wildman–Crippen MR) is 60.7 cm³/mol. The second kappa shape index (κ2) is 5.45. The van der Waals surface area contributed by atoms with Gasteiger partial charge in [0.1, 0.15) is 5.75 Å². The Morgan fingerprint density at radius 1 is 1.43 bits per heavy atom. The first kappa shape index (κ1) is 10.8. The third kappa shape index (κ3) is 2.89. The first-order chi connectivity index (χ1) is 6.77. The number of benzene rings is 1. The van der Waals surface area contributed by atoms with Gasteiger partial charge >= 0.3 is 0 Å². The van der Waals surface area contributed by atoms with Crippen LogP contribution >= 0.6 is 0 Å². The van der Waals surface area contributed by atoms with Crippen LogP contribution in [-0.4, -0.2) is 20.7 Å². The first-order valence-corrected chi connectivity index (χ1v) is 4.73. The molecule has 1 aromatic carbocycles. The average Bonchev–Trinajstić information content (AvgIpc) is 2.19. The summed E-state index contributed by atoms with van der Waals surface area (Å²) in [5, 5.41) is 3.06. The molecule has 0 aliphatic rings. The minimum Gasteiger partial charge on any atom is -0.496 e. The molecule has 14 heavy (non-hydrogen) atoms. The van der Waals surface area contributed by atoms with Gasteiger partial charge in [-0.2, -0.15) is 0 Å². The molecule has 1 aromatic rings. The monoisotopic (exact) mass is 191 g/mol. The fourth-order valence-corrected chi connectivity index (χ4v) is 1.29. The van der Waals surface area contributed by atoms with E-state index in [-0.39, 0.29) is 0 Å². The molecule has 0 amide bonds. The highest BCUT2D eigenvalue weighted by Crippen LogP contribution is 2.20. The van der Waals surface area contributed by atoms with Crippen molar-refractivity contribution in [3.8, 4) is 5.75 Å². The molecule has 0 unspecified atom stereocenters. The van der Waals surface area contributed by atoms with Crippen molar-refractivity contribution < 1.29 is 4.74 Å². The number of likely N-dealkylation sites (N-methyl/N-ethyl adjacent to an activating group) is 1. The van der Waals surface area contributed by atoms with Gasteiger partial charge in [-0.1, -0.05) is 23.8 Å². The van der Waals surface area contributed by atoms with Gasteiger partial charge in [-0.3, -0.25) is 0 Å². The van der Waals surface area contributed by atoms with Crippen molar-refractivity contribution in [1.82, 2.24) is 5.32 Å². The predicted octanol–water partition coefficient (Wildman–Crippen LogP) is 2.24. The van der Waals surface area contributed by atoms with Crippen LogP contribution in [0.2, 0.25) is 0 Å². The Labute approximate surface area is 85.6 Å². The Hall–Kier alpha value is -1.28. The zero-order chi connectivity index (χ0) is 10.4. The summed E-state index contributed by atoms with van der Waals surface area (Å²) in [6, 6.07) is 6.16. The second-order valence-corrected chi connectivity index (χ2v) is 3.21. The van der Waals surface area contributed by atoms with E-state index >= 15 is 0 Å². The normalized spacial score (nSPS) is 10.8. The van der Waals surface area contributed by atoms with Gasteiger partial charge in [0.15, 0.2) is 0 Å². The first-order valence-electron chi connectivity index (χ1n) is 4.73. The van der Waals surface area contributed by atoms with E-state index in [1.165, 1.54) is 5.56 Å². The Kier molecular flexibility index (Phi) is 4.20. The quantitative estimate of drug-likeness (QED) is 0.788. The van der Waals surface area contributed by atoms with E-state index in [0.717, 1.165) is 17.9 Å². The molecule has 0 saturated carbocycles. The zero-order valence-corrected chi connectivity index (χ0v) is 9.00. The number of rotatable bonds is 4. The van der Waals surface area contributed by atoms with Crippen LogP contribution in [0.4, 0.5) is 0 Å². The Morgan fingerprint density at radius 2 is 2.21 bits per heavy atom. The minimum atomic E-state index is 0.872. The van der Waals surface area contributed by atoms with Crippen LogP contribution in [0.1, 0.15) is 11.1 Å². The summed E-state index contributed by atoms with van der Waals surface area (Å²) in [5.74, 6) is 0.919. The number of nitrogens with one attached hydrogen (secondary N) is 1. The number of aryl methyl sites for hydroxylation is 1. The van der Waals surface area contributed by atoms with E-state index < -0.39 is 0 Å². The molecule has 0 spiro atoms. The van der Waals surface area contributed by atoms with Crippen molar-refractivity contribution in [3.05, 3.63) is 35.4 Å². The highest BCUT2D eigenvalue weighted by Gasteiger charge is 1.98.